The lowest BCUT2D eigenvalue weighted by Crippen LogP contribution is -2.00. The number of hydrogen-bond donors (Lipinski definition) is 1. The average Bonchev–Trinajstić information content (AvgIpc) is 1.98. The highest BCUT2D eigenvalue weighted by Gasteiger charge is 2.03. The number of rotatable bonds is 6. The molecule has 2 heteroatoms. The minimum absolute atomic E-state index is 0.905. The molecule has 0 heterocycles. The summed E-state index contributed by atoms with van der Waals surface area (Å²) in [7, 11) is 1.68. The van der Waals surface area contributed by atoms with Gasteiger partial charge in [0.15, 0.2) is 0 Å². The van der Waals surface area contributed by atoms with Gasteiger partial charge in [-0.3, -0.25) is 0 Å². The second-order valence-corrected chi connectivity index (χ2v) is 4.08. The first-order valence-corrected chi connectivity index (χ1v) is 6.15. The van der Waals surface area contributed by atoms with Crippen LogP contribution in [0.2, 0.25) is 0 Å². The highest BCUT2D eigenvalue weighted by Crippen LogP contribution is 2.19. The molecular weight excluding hydrogens is 160 g/mol. The van der Waals surface area contributed by atoms with Crippen molar-refractivity contribution in [1.82, 2.24) is 0 Å². The molecule has 0 saturated carbocycles. The number of thiol groups is 1. The van der Waals surface area contributed by atoms with Crippen LogP contribution in [0.25, 0.3) is 0 Å². The van der Waals surface area contributed by atoms with Crippen LogP contribution in [0, 0.1) is 5.92 Å². The number of hydrogen-bond acceptors (Lipinski definition) is 2. The van der Waals surface area contributed by atoms with Crippen molar-refractivity contribution in [3.8, 4) is 0 Å². The van der Waals surface area contributed by atoms with Gasteiger partial charge in [-0.15, -0.1) is 11.7 Å². The van der Waals surface area contributed by atoms with E-state index in [1.807, 2.05) is 0 Å². The Morgan fingerprint density at radius 2 is 2.10 bits per heavy atom. The normalized spacial score (nSPS) is 13.5. The van der Waals surface area contributed by atoms with E-state index >= 15 is 0 Å². The minimum atomic E-state index is 0.905. The Hall–Kier alpha value is 0.700. The quantitative estimate of drug-likeness (QED) is 0.477. The topological polar surface area (TPSA) is 0 Å². The van der Waals surface area contributed by atoms with Gasteiger partial charge in [-0.25, -0.2) is 0 Å². The van der Waals surface area contributed by atoms with Gasteiger partial charge < -0.3 is 0 Å². The molecule has 0 amide bonds. The predicted octanol–water partition coefficient (Wildman–Crippen LogP) is 3.78. The Balaban J connectivity index is 3.21. The monoisotopic (exact) mass is 178 g/mol. The van der Waals surface area contributed by atoms with E-state index in [0.717, 1.165) is 5.92 Å². The van der Waals surface area contributed by atoms with Gasteiger partial charge in [0.1, 0.15) is 0 Å². The van der Waals surface area contributed by atoms with Gasteiger partial charge in [-0.2, -0.15) is 0 Å². The van der Waals surface area contributed by atoms with E-state index in [1.54, 1.807) is 10.8 Å². The van der Waals surface area contributed by atoms with Crippen LogP contribution in [0.15, 0.2) is 0 Å². The fraction of sp³-hybridized carbons (Fsp3) is 1.00. The van der Waals surface area contributed by atoms with Crippen LogP contribution < -0.4 is 0 Å². The molecule has 0 aromatic rings. The first kappa shape index (κ1) is 10.7. The highest BCUT2D eigenvalue weighted by atomic mass is 33.1. The Morgan fingerprint density at radius 1 is 1.40 bits per heavy atom. The average molecular weight is 178 g/mol. The Kier molecular flexibility index (Phi) is 8.35. The van der Waals surface area contributed by atoms with Gasteiger partial charge in [0.25, 0.3) is 0 Å². The molecule has 0 N–H and O–H groups in total. The van der Waals surface area contributed by atoms with Crippen molar-refractivity contribution < 1.29 is 0 Å². The third kappa shape index (κ3) is 5.48. The van der Waals surface area contributed by atoms with E-state index in [4.69, 9.17) is 0 Å². The maximum Gasteiger partial charge on any atom is 0.00627 e. The van der Waals surface area contributed by atoms with Gasteiger partial charge in [-0.05, 0) is 12.3 Å². The third-order valence-electron chi connectivity index (χ3n) is 1.85. The van der Waals surface area contributed by atoms with Gasteiger partial charge in [0, 0.05) is 5.75 Å². The maximum absolute atomic E-state index is 4.15. The molecule has 1 atom stereocenters. The first-order chi connectivity index (χ1) is 4.85. The van der Waals surface area contributed by atoms with E-state index in [-0.39, 0.29) is 0 Å². The first-order valence-electron chi connectivity index (χ1n) is 4.11. The summed E-state index contributed by atoms with van der Waals surface area (Å²) in [6, 6.07) is 0. The van der Waals surface area contributed by atoms with Crippen molar-refractivity contribution in [2.75, 3.05) is 5.75 Å². The van der Waals surface area contributed by atoms with Crippen molar-refractivity contribution in [1.29, 1.82) is 0 Å². The predicted molar refractivity (Wildman–Crippen MR) is 54.8 cm³/mol. The minimum Gasteiger partial charge on any atom is -0.111 e. The largest absolute Gasteiger partial charge is 0.111 e. The molecule has 0 spiro atoms. The molecule has 0 nitrogen and oxygen atoms in total. The summed E-state index contributed by atoms with van der Waals surface area (Å²) in [5.74, 6) is 2.13. The van der Waals surface area contributed by atoms with Crippen molar-refractivity contribution >= 4 is 22.5 Å². The molecule has 62 valence electrons. The van der Waals surface area contributed by atoms with Crippen molar-refractivity contribution in [2.24, 2.45) is 5.92 Å². The summed E-state index contributed by atoms with van der Waals surface area (Å²) in [6.45, 7) is 4.52. The van der Waals surface area contributed by atoms with Gasteiger partial charge in [0.05, 0.1) is 0 Å². The zero-order valence-electron chi connectivity index (χ0n) is 6.97. The Bertz CT molecular complexity index is 64.3. The van der Waals surface area contributed by atoms with Crippen LogP contribution in [0.1, 0.15) is 39.5 Å². The lowest BCUT2D eigenvalue weighted by molar-refractivity contribution is 0.500. The van der Waals surface area contributed by atoms with Crippen LogP contribution in [0.3, 0.4) is 0 Å². The van der Waals surface area contributed by atoms with Crippen LogP contribution in [0.5, 0.6) is 0 Å². The fourth-order valence-electron chi connectivity index (χ4n) is 1.00. The molecule has 0 fully saturated rings. The van der Waals surface area contributed by atoms with E-state index in [2.05, 4.69) is 25.5 Å². The summed E-state index contributed by atoms with van der Waals surface area (Å²) in [4.78, 5) is 0. The molecule has 0 aliphatic heterocycles. The third-order valence-corrected chi connectivity index (χ3v) is 2.92. The van der Waals surface area contributed by atoms with Crippen LogP contribution in [-0.2, 0) is 0 Å². The van der Waals surface area contributed by atoms with Gasteiger partial charge >= 0.3 is 0 Å². The van der Waals surface area contributed by atoms with Gasteiger partial charge in [0.2, 0.25) is 0 Å². The summed E-state index contributed by atoms with van der Waals surface area (Å²) in [5.41, 5.74) is 0. The molecule has 0 rings (SSSR count). The van der Waals surface area contributed by atoms with Crippen LogP contribution in [0.4, 0.5) is 0 Å². The zero-order chi connectivity index (χ0) is 7.82. The second kappa shape index (κ2) is 7.80. The zero-order valence-corrected chi connectivity index (χ0v) is 8.68. The van der Waals surface area contributed by atoms with E-state index < -0.39 is 0 Å². The second-order valence-electron chi connectivity index (χ2n) is 2.71. The highest BCUT2D eigenvalue weighted by molar-refractivity contribution is 8.68. The molecule has 0 aliphatic rings. The number of unbranched alkanes of at least 4 members (excludes halogenated alkanes) is 1. The van der Waals surface area contributed by atoms with Crippen LogP contribution >= 0.6 is 22.5 Å². The Morgan fingerprint density at radius 3 is 2.50 bits per heavy atom. The fourth-order valence-corrected chi connectivity index (χ4v) is 2.25. The van der Waals surface area contributed by atoms with Crippen LogP contribution in [-0.4, -0.2) is 5.75 Å². The SMILES string of the molecule is CCCCC(CC)CSS. The van der Waals surface area contributed by atoms with E-state index in [9.17, 15) is 0 Å². The standard InChI is InChI=1S/C8H18S2/c1-3-5-6-8(4-2)7-10-9/h8-9H,3-7H2,1-2H3. The smallest absolute Gasteiger partial charge is 0.00627 e. The molecule has 0 aromatic heterocycles. The molecule has 0 aromatic carbocycles. The molecule has 0 radical (unpaired) electrons. The van der Waals surface area contributed by atoms with Crippen molar-refractivity contribution in [2.45, 2.75) is 39.5 Å². The lowest BCUT2D eigenvalue weighted by Gasteiger charge is -2.10. The van der Waals surface area contributed by atoms with E-state index in [0.29, 0.717) is 0 Å². The maximum atomic E-state index is 4.15. The molecule has 10 heavy (non-hydrogen) atoms. The summed E-state index contributed by atoms with van der Waals surface area (Å²) in [6.07, 6.45) is 5.41. The van der Waals surface area contributed by atoms with E-state index in [1.165, 1.54) is 31.4 Å². The van der Waals surface area contributed by atoms with Crippen molar-refractivity contribution in [3.05, 3.63) is 0 Å². The molecule has 1 unspecified atom stereocenters. The molecule has 0 bridgehead atoms. The summed E-state index contributed by atoms with van der Waals surface area (Å²) in [5, 5.41) is 0. The van der Waals surface area contributed by atoms with Gasteiger partial charge in [-0.1, -0.05) is 43.9 Å². The lowest BCUT2D eigenvalue weighted by atomic mass is 10.0. The molecule has 0 saturated heterocycles. The Labute approximate surface area is 74.0 Å². The summed E-state index contributed by atoms with van der Waals surface area (Å²) >= 11 is 4.15. The molecular formula is C8H18S2. The van der Waals surface area contributed by atoms with Crippen molar-refractivity contribution in [3.63, 3.8) is 0 Å². The summed E-state index contributed by atoms with van der Waals surface area (Å²) < 4.78 is 0. The molecule has 0 aliphatic carbocycles.